The van der Waals surface area contributed by atoms with Crippen LogP contribution in [0.4, 0.5) is 9.52 Å². The van der Waals surface area contributed by atoms with Gasteiger partial charge >= 0.3 is 0 Å². The van der Waals surface area contributed by atoms with Crippen LogP contribution in [0.1, 0.15) is 12.0 Å². The van der Waals surface area contributed by atoms with Crippen molar-refractivity contribution in [2.75, 3.05) is 5.32 Å². The third-order valence-electron chi connectivity index (χ3n) is 4.66. The van der Waals surface area contributed by atoms with E-state index in [1.54, 1.807) is 11.3 Å². The van der Waals surface area contributed by atoms with E-state index in [1.165, 1.54) is 27.2 Å². The van der Waals surface area contributed by atoms with E-state index in [0.29, 0.717) is 11.6 Å². The summed E-state index contributed by atoms with van der Waals surface area (Å²) in [6, 6.07) is 10.2. The SMILES string of the molecule is Cc1ccc2ncsc2c1-c1ccc2nc(NC(=O)[C@@H]3C[C@@H]3F)sc2c1. The molecule has 0 spiro atoms. The highest BCUT2D eigenvalue weighted by Crippen LogP contribution is 2.38. The van der Waals surface area contributed by atoms with Crippen molar-refractivity contribution >= 4 is 54.1 Å². The molecule has 0 saturated heterocycles. The zero-order chi connectivity index (χ0) is 17.8. The molecule has 0 bridgehead atoms. The molecule has 130 valence electrons. The van der Waals surface area contributed by atoms with Crippen LogP contribution in [0.25, 0.3) is 31.6 Å². The van der Waals surface area contributed by atoms with Gasteiger partial charge in [0.1, 0.15) is 6.17 Å². The highest BCUT2D eigenvalue weighted by atomic mass is 32.1. The number of nitrogens with zero attached hydrogens (tertiary/aromatic N) is 2. The molecule has 1 aliphatic rings. The summed E-state index contributed by atoms with van der Waals surface area (Å²) in [6.07, 6.45) is -0.683. The molecule has 2 atom stereocenters. The van der Waals surface area contributed by atoms with Gasteiger partial charge in [-0.25, -0.2) is 14.4 Å². The van der Waals surface area contributed by atoms with E-state index in [0.717, 1.165) is 21.3 Å². The molecule has 26 heavy (non-hydrogen) atoms. The van der Waals surface area contributed by atoms with Gasteiger partial charge in [0.2, 0.25) is 5.91 Å². The van der Waals surface area contributed by atoms with Crippen molar-refractivity contribution in [2.45, 2.75) is 19.5 Å². The molecule has 7 heteroatoms. The van der Waals surface area contributed by atoms with Crippen molar-refractivity contribution in [1.29, 1.82) is 0 Å². The number of aryl methyl sites for hydroxylation is 1. The van der Waals surface area contributed by atoms with Gasteiger partial charge in [0.15, 0.2) is 5.13 Å². The summed E-state index contributed by atoms with van der Waals surface area (Å²) in [5.74, 6) is -0.786. The van der Waals surface area contributed by atoms with E-state index in [9.17, 15) is 9.18 Å². The fourth-order valence-corrected chi connectivity index (χ4v) is 4.97. The maximum atomic E-state index is 13.0. The molecule has 1 fully saturated rings. The Morgan fingerprint density at radius 1 is 1.27 bits per heavy atom. The fraction of sp³-hybridized carbons (Fsp3) is 0.211. The number of alkyl halides is 1. The molecule has 1 aliphatic carbocycles. The van der Waals surface area contributed by atoms with Crippen molar-refractivity contribution < 1.29 is 9.18 Å². The number of anilines is 1. The summed E-state index contributed by atoms with van der Waals surface area (Å²) in [4.78, 5) is 20.8. The highest BCUT2D eigenvalue weighted by Gasteiger charge is 2.43. The molecule has 2 heterocycles. The minimum Gasteiger partial charge on any atom is -0.302 e. The number of hydrogen-bond donors (Lipinski definition) is 1. The van der Waals surface area contributed by atoms with Crippen LogP contribution >= 0.6 is 22.7 Å². The minimum absolute atomic E-state index is 0.276. The third-order valence-corrected chi connectivity index (χ3v) is 6.46. The van der Waals surface area contributed by atoms with Crippen LogP contribution in [0.5, 0.6) is 0 Å². The van der Waals surface area contributed by atoms with Crippen LogP contribution in [-0.2, 0) is 4.79 Å². The van der Waals surface area contributed by atoms with Crippen molar-refractivity contribution in [3.8, 4) is 11.1 Å². The largest absolute Gasteiger partial charge is 0.302 e. The lowest BCUT2D eigenvalue weighted by Gasteiger charge is -2.07. The third kappa shape index (κ3) is 2.59. The first-order valence-corrected chi connectivity index (χ1v) is 9.98. The lowest BCUT2D eigenvalue weighted by Crippen LogP contribution is -2.14. The Kier molecular flexibility index (Phi) is 3.55. The van der Waals surface area contributed by atoms with E-state index in [2.05, 4.69) is 34.3 Å². The molecule has 1 N–H and O–H groups in total. The van der Waals surface area contributed by atoms with Gasteiger partial charge in [-0.15, -0.1) is 11.3 Å². The number of carbonyl (C=O) groups is 1. The number of aromatic nitrogens is 2. The summed E-state index contributed by atoms with van der Waals surface area (Å²) < 4.78 is 15.2. The highest BCUT2D eigenvalue weighted by molar-refractivity contribution is 7.22. The molecular formula is C19H14FN3OS2. The van der Waals surface area contributed by atoms with E-state index >= 15 is 0 Å². The second kappa shape index (κ2) is 5.82. The summed E-state index contributed by atoms with van der Waals surface area (Å²) in [6.45, 7) is 2.10. The van der Waals surface area contributed by atoms with Crippen molar-refractivity contribution in [3.63, 3.8) is 0 Å². The van der Waals surface area contributed by atoms with Gasteiger partial charge in [0, 0.05) is 5.56 Å². The van der Waals surface area contributed by atoms with Crippen LogP contribution in [-0.4, -0.2) is 22.0 Å². The summed E-state index contributed by atoms with van der Waals surface area (Å²) >= 11 is 3.05. The number of fused-ring (bicyclic) bond motifs is 2. The summed E-state index contributed by atoms with van der Waals surface area (Å²) in [7, 11) is 0. The lowest BCUT2D eigenvalue weighted by atomic mass is 10.00. The second-order valence-electron chi connectivity index (χ2n) is 6.51. The second-order valence-corrected chi connectivity index (χ2v) is 8.39. The van der Waals surface area contributed by atoms with E-state index in [-0.39, 0.29) is 5.91 Å². The van der Waals surface area contributed by atoms with Crippen LogP contribution in [0.15, 0.2) is 35.8 Å². The van der Waals surface area contributed by atoms with E-state index < -0.39 is 12.1 Å². The molecule has 0 radical (unpaired) electrons. The molecule has 1 saturated carbocycles. The van der Waals surface area contributed by atoms with Gasteiger partial charge in [-0.2, -0.15) is 0 Å². The van der Waals surface area contributed by atoms with Gasteiger partial charge in [-0.1, -0.05) is 23.5 Å². The van der Waals surface area contributed by atoms with Crippen molar-refractivity contribution in [3.05, 3.63) is 41.4 Å². The van der Waals surface area contributed by atoms with Gasteiger partial charge in [0.05, 0.1) is 31.9 Å². The molecule has 0 aliphatic heterocycles. The van der Waals surface area contributed by atoms with E-state index in [4.69, 9.17) is 0 Å². The monoisotopic (exact) mass is 383 g/mol. The fourth-order valence-electron chi connectivity index (χ4n) is 3.15. The Bertz CT molecular complexity index is 1170. The molecule has 5 rings (SSSR count). The number of rotatable bonds is 3. The van der Waals surface area contributed by atoms with Crippen LogP contribution < -0.4 is 5.32 Å². The maximum absolute atomic E-state index is 13.0. The minimum atomic E-state index is -1.00. The van der Waals surface area contributed by atoms with Gasteiger partial charge < -0.3 is 5.32 Å². The normalized spacial score (nSPS) is 19.2. The number of nitrogens with one attached hydrogen (secondary N) is 1. The van der Waals surface area contributed by atoms with Gasteiger partial charge in [-0.05, 0) is 42.7 Å². The Labute approximate surface area is 156 Å². The Hall–Kier alpha value is -2.38. The number of amides is 1. The predicted octanol–water partition coefficient (Wildman–Crippen LogP) is 5.18. The standard InChI is InChI=1S/C19H14FN3OS2/c1-9-2-4-14-17(25-8-21-14)16(9)10-3-5-13-15(6-10)26-19(22-13)23-18(24)11-7-12(11)20/h2-6,8,11-12H,7H2,1H3,(H,22,23,24)/t11-,12+/m1/s1. The molecule has 4 aromatic rings. The number of benzene rings is 2. The smallest absolute Gasteiger partial charge is 0.232 e. The number of carbonyl (C=O) groups excluding carboxylic acids is 1. The topological polar surface area (TPSA) is 54.9 Å². The lowest BCUT2D eigenvalue weighted by molar-refractivity contribution is -0.117. The Balaban J connectivity index is 1.54. The van der Waals surface area contributed by atoms with E-state index in [1.807, 2.05) is 23.7 Å². The first-order valence-electron chi connectivity index (χ1n) is 8.29. The molecule has 2 aromatic carbocycles. The van der Waals surface area contributed by atoms with Crippen LogP contribution in [0, 0.1) is 12.8 Å². The number of halogens is 1. The first kappa shape index (κ1) is 15.8. The van der Waals surface area contributed by atoms with Crippen LogP contribution in [0.3, 0.4) is 0 Å². The first-order chi connectivity index (χ1) is 12.6. The summed E-state index contributed by atoms with van der Waals surface area (Å²) in [5, 5.41) is 3.26. The predicted molar refractivity (Wildman–Crippen MR) is 105 cm³/mol. The zero-order valence-electron chi connectivity index (χ0n) is 13.8. The molecule has 0 unspecified atom stereocenters. The Morgan fingerprint density at radius 2 is 2.08 bits per heavy atom. The van der Waals surface area contributed by atoms with Gasteiger partial charge in [-0.3, -0.25) is 4.79 Å². The zero-order valence-corrected chi connectivity index (χ0v) is 15.5. The van der Waals surface area contributed by atoms with Crippen molar-refractivity contribution in [1.82, 2.24) is 9.97 Å². The number of hydrogen-bond acceptors (Lipinski definition) is 5. The molecule has 1 amide bonds. The molecular weight excluding hydrogens is 369 g/mol. The average molecular weight is 383 g/mol. The maximum Gasteiger partial charge on any atom is 0.232 e. The van der Waals surface area contributed by atoms with Gasteiger partial charge in [0.25, 0.3) is 0 Å². The number of thiazole rings is 2. The van der Waals surface area contributed by atoms with Crippen LogP contribution in [0.2, 0.25) is 0 Å². The molecule has 2 aromatic heterocycles. The average Bonchev–Trinajstić information content (AvgIpc) is 3.02. The molecule has 4 nitrogen and oxygen atoms in total. The quantitative estimate of drug-likeness (QED) is 0.530. The summed E-state index contributed by atoms with van der Waals surface area (Å²) in [5.41, 5.74) is 7.18. The Morgan fingerprint density at radius 3 is 2.88 bits per heavy atom. The van der Waals surface area contributed by atoms with Crippen molar-refractivity contribution in [2.24, 2.45) is 5.92 Å².